The van der Waals surface area contributed by atoms with Crippen LogP contribution < -0.4 is 11.1 Å². The highest BCUT2D eigenvalue weighted by Gasteiger charge is 2.12. The largest absolute Gasteiger partial charge is 0.389 e. The van der Waals surface area contributed by atoms with Gasteiger partial charge < -0.3 is 11.1 Å². The van der Waals surface area contributed by atoms with E-state index in [2.05, 4.69) is 17.2 Å². The third kappa shape index (κ3) is 3.08. The average molecular weight is 309 g/mol. The van der Waals surface area contributed by atoms with Gasteiger partial charge in [-0.05, 0) is 32.2 Å². The van der Waals surface area contributed by atoms with Crippen LogP contribution >= 0.6 is 35.3 Å². The molecule has 6 heteroatoms. The van der Waals surface area contributed by atoms with Gasteiger partial charge in [-0.1, -0.05) is 18.3 Å². The number of thiocarbonyl (C=S) groups is 1. The Morgan fingerprint density at radius 3 is 2.68 bits per heavy atom. The highest BCUT2D eigenvalue weighted by molar-refractivity contribution is 7.98. The molecule has 2 aromatic rings. The van der Waals surface area contributed by atoms with E-state index in [1.807, 2.05) is 31.4 Å². The zero-order valence-electron chi connectivity index (χ0n) is 11.0. The molecule has 0 aliphatic heterocycles. The van der Waals surface area contributed by atoms with E-state index < -0.39 is 0 Å². The topological polar surface area (TPSA) is 50.9 Å². The number of hydrogen-bond donors (Lipinski definition) is 2. The number of aromatic nitrogens is 1. The van der Waals surface area contributed by atoms with Gasteiger partial charge in [0.15, 0.2) is 5.13 Å². The fourth-order valence-corrected chi connectivity index (χ4v) is 3.45. The first-order valence-electron chi connectivity index (χ1n) is 5.70. The number of nitrogens with two attached hydrogens (primary N) is 1. The summed E-state index contributed by atoms with van der Waals surface area (Å²) in [6, 6.07) is 5.98. The van der Waals surface area contributed by atoms with E-state index in [1.54, 1.807) is 23.1 Å². The molecule has 2 rings (SSSR count). The van der Waals surface area contributed by atoms with Crippen LogP contribution in [0.15, 0.2) is 23.1 Å². The van der Waals surface area contributed by atoms with Gasteiger partial charge in [-0.25, -0.2) is 4.98 Å². The van der Waals surface area contributed by atoms with Crippen molar-refractivity contribution in [2.45, 2.75) is 18.7 Å². The predicted molar refractivity (Wildman–Crippen MR) is 89.0 cm³/mol. The van der Waals surface area contributed by atoms with Gasteiger partial charge in [0.1, 0.15) is 4.99 Å². The molecule has 3 N–H and O–H groups in total. The van der Waals surface area contributed by atoms with Crippen molar-refractivity contribution >= 4 is 51.1 Å². The predicted octanol–water partition coefficient (Wildman–Crippen LogP) is 3.86. The lowest BCUT2D eigenvalue weighted by Gasteiger charge is -2.12. The maximum Gasteiger partial charge on any atom is 0.187 e. The van der Waals surface area contributed by atoms with Crippen molar-refractivity contribution in [1.29, 1.82) is 0 Å². The molecule has 1 heterocycles. The van der Waals surface area contributed by atoms with Crippen molar-refractivity contribution in [1.82, 2.24) is 4.98 Å². The fraction of sp³-hybridized carbons (Fsp3) is 0.231. The van der Waals surface area contributed by atoms with Crippen molar-refractivity contribution in [3.8, 4) is 0 Å². The van der Waals surface area contributed by atoms with E-state index in [0.717, 1.165) is 27.0 Å². The Hall–Kier alpha value is -1.11. The first-order valence-corrected chi connectivity index (χ1v) is 8.15. The van der Waals surface area contributed by atoms with Crippen LogP contribution in [0.4, 0.5) is 10.8 Å². The molecule has 0 spiro atoms. The fourth-order valence-electron chi connectivity index (χ4n) is 1.70. The number of aryl methyl sites for hydroxylation is 2. The van der Waals surface area contributed by atoms with E-state index >= 15 is 0 Å². The minimum absolute atomic E-state index is 0.400. The number of rotatable bonds is 4. The van der Waals surface area contributed by atoms with E-state index in [4.69, 9.17) is 18.0 Å². The molecule has 3 nitrogen and oxygen atoms in total. The molecule has 1 aromatic carbocycles. The Morgan fingerprint density at radius 1 is 1.42 bits per heavy atom. The first kappa shape index (κ1) is 14.3. The van der Waals surface area contributed by atoms with Crippen LogP contribution in [-0.2, 0) is 0 Å². The third-order valence-corrected chi connectivity index (χ3v) is 4.74. The molecule has 0 amide bonds. The average Bonchev–Trinajstić information content (AvgIpc) is 2.67. The van der Waals surface area contributed by atoms with Crippen molar-refractivity contribution < 1.29 is 0 Å². The Labute approximate surface area is 126 Å². The molecule has 0 aliphatic rings. The summed E-state index contributed by atoms with van der Waals surface area (Å²) >= 11 is 8.42. The standard InChI is InChI=1S/C13H15N3S3/c1-7-8(2)19-13(15-7)16-9-5-4-6-10(18-3)11(9)12(14)17/h4-6H,1-3H3,(H2,14,17)(H,15,16). The molecule has 19 heavy (non-hydrogen) atoms. The molecule has 1 aromatic heterocycles. The SMILES string of the molecule is CSc1cccc(Nc2nc(C)c(C)s2)c1C(N)=S. The minimum atomic E-state index is 0.400. The maximum absolute atomic E-state index is 5.84. The van der Waals surface area contributed by atoms with Crippen molar-refractivity contribution in [3.63, 3.8) is 0 Å². The summed E-state index contributed by atoms with van der Waals surface area (Å²) in [6.07, 6.45) is 2.01. The van der Waals surface area contributed by atoms with Gasteiger partial charge in [-0.2, -0.15) is 0 Å². The van der Waals surface area contributed by atoms with E-state index in [1.165, 1.54) is 4.88 Å². The quantitative estimate of drug-likeness (QED) is 0.663. The number of nitrogens with zero attached hydrogens (tertiary/aromatic N) is 1. The lowest BCUT2D eigenvalue weighted by molar-refractivity contribution is 1.22. The Balaban J connectivity index is 2.42. The molecule has 100 valence electrons. The summed E-state index contributed by atoms with van der Waals surface area (Å²) < 4.78 is 0. The Kier molecular flexibility index (Phi) is 4.44. The summed E-state index contributed by atoms with van der Waals surface area (Å²) in [4.78, 5) is 7.16. The smallest absolute Gasteiger partial charge is 0.187 e. The van der Waals surface area contributed by atoms with Crippen LogP contribution in [0.2, 0.25) is 0 Å². The van der Waals surface area contributed by atoms with E-state index in [-0.39, 0.29) is 0 Å². The maximum atomic E-state index is 5.84. The number of hydrogen-bond acceptors (Lipinski definition) is 5. The number of thioether (sulfide) groups is 1. The number of nitrogens with one attached hydrogen (secondary N) is 1. The van der Waals surface area contributed by atoms with Crippen LogP contribution in [0, 0.1) is 13.8 Å². The molecule has 0 atom stereocenters. The first-order chi connectivity index (χ1) is 9.02. The Morgan fingerprint density at radius 2 is 2.16 bits per heavy atom. The van der Waals surface area contributed by atoms with Crippen molar-refractivity contribution in [2.24, 2.45) is 5.73 Å². The summed E-state index contributed by atoms with van der Waals surface area (Å²) in [6.45, 7) is 4.06. The molecule has 0 saturated carbocycles. The molecule has 0 radical (unpaired) electrons. The van der Waals surface area contributed by atoms with Gasteiger partial charge in [0.25, 0.3) is 0 Å². The van der Waals surface area contributed by atoms with Gasteiger partial charge in [0, 0.05) is 15.3 Å². The summed E-state index contributed by atoms with van der Waals surface area (Å²) in [5, 5.41) is 4.18. The van der Waals surface area contributed by atoms with E-state index in [9.17, 15) is 0 Å². The highest BCUT2D eigenvalue weighted by atomic mass is 32.2. The van der Waals surface area contributed by atoms with Gasteiger partial charge in [0.2, 0.25) is 0 Å². The Bertz CT molecular complexity index is 600. The third-order valence-electron chi connectivity index (χ3n) is 2.76. The number of benzene rings is 1. The van der Waals surface area contributed by atoms with Crippen LogP contribution in [0.25, 0.3) is 0 Å². The second-order valence-corrected chi connectivity index (χ2v) is 6.52. The highest BCUT2D eigenvalue weighted by Crippen LogP contribution is 2.31. The lowest BCUT2D eigenvalue weighted by atomic mass is 10.2. The molecular formula is C13H15N3S3. The van der Waals surface area contributed by atoms with Crippen LogP contribution in [-0.4, -0.2) is 16.2 Å². The summed E-state index contributed by atoms with van der Waals surface area (Å²) in [5.41, 5.74) is 8.68. The van der Waals surface area contributed by atoms with Crippen LogP contribution in [0.1, 0.15) is 16.1 Å². The lowest BCUT2D eigenvalue weighted by Crippen LogP contribution is -2.13. The van der Waals surface area contributed by atoms with Crippen LogP contribution in [0.5, 0.6) is 0 Å². The minimum Gasteiger partial charge on any atom is -0.389 e. The van der Waals surface area contributed by atoms with Crippen LogP contribution in [0.3, 0.4) is 0 Å². The molecule has 0 aliphatic carbocycles. The van der Waals surface area contributed by atoms with Gasteiger partial charge >= 0.3 is 0 Å². The van der Waals surface area contributed by atoms with Gasteiger partial charge in [0.05, 0.1) is 11.4 Å². The van der Waals surface area contributed by atoms with E-state index in [0.29, 0.717) is 4.99 Å². The molecule has 0 bridgehead atoms. The number of thiazole rings is 1. The zero-order valence-corrected chi connectivity index (χ0v) is 13.4. The van der Waals surface area contributed by atoms with Crippen molar-refractivity contribution in [2.75, 3.05) is 11.6 Å². The molecule has 0 saturated heterocycles. The molecule has 0 unspecified atom stereocenters. The second kappa shape index (κ2) is 5.90. The zero-order chi connectivity index (χ0) is 14.0. The monoisotopic (exact) mass is 309 g/mol. The molecule has 0 fully saturated rings. The van der Waals surface area contributed by atoms with Crippen molar-refractivity contribution in [3.05, 3.63) is 34.3 Å². The molecular weight excluding hydrogens is 294 g/mol. The van der Waals surface area contributed by atoms with Gasteiger partial charge in [-0.3, -0.25) is 0 Å². The summed E-state index contributed by atoms with van der Waals surface area (Å²) in [7, 11) is 0. The second-order valence-electron chi connectivity index (χ2n) is 4.03. The summed E-state index contributed by atoms with van der Waals surface area (Å²) in [5.74, 6) is 0. The van der Waals surface area contributed by atoms with Gasteiger partial charge in [-0.15, -0.1) is 23.1 Å². The number of anilines is 2. The normalized spacial score (nSPS) is 10.5.